The van der Waals surface area contributed by atoms with Gasteiger partial charge in [0.05, 0.1) is 0 Å². The van der Waals surface area contributed by atoms with Gasteiger partial charge < -0.3 is 10.5 Å². The first-order valence-electron chi connectivity index (χ1n) is 5.80. The number of methoxy groups -OCH3 is 1. The summed E-state index contributed by atoms with van der Waals surface area (Å²) in [7, 11) is 1.70. The molecule has 0 aliphatic heterocycles. The van der Waals surface area contributed by atoms with E-state index in [0.717, 1.165) is 25.0 Å². The molecule has 1 aromatic rings. The van der Waals surface area contributed by atoms with Gasteiger partial charge in [-0.25, -0.2) is 9.97 Å². The highest BCUT2D eigenvalue weighted by Crippen LogP contribution is 2.30. The van der Waals surface area contributed by atoms with E-state index in [9.17, 15) is 0 Å². The van der Waals surface area contributed by atoms with Crippen LogP contribution in [0.2, 0.25) is 0 Å². The topological polar surface area (TPSA) is 61.0 Å². The Morgan fingerprint density at radius 1 is 1.25 bits per heavy atom. The third-order valence-corrected chi connectivity index (χ3v) is 3.10. The maximum Gasteiger partial charge on any atom is 0.162 e. The van der Waals surface area contributed by atoms with E-state index in [4.69, 9.17) is 10.5 Å². The average Bonchev–Trinajstić information content (AvgIpc) is 2.31. The molecule has 4 nitrogen and oxygen atoms in total. The molecule has 0 aliphatic carbocycles. The number of aromatic nitrogens is 2. The largest absolute Gasteiger partial charge is 0.384 e. The summed E-state index contributed by atoms with van der Waals surface area (Å²) in [6.45, 7) is 6.20. The molecule has 0 fully saturated rings. The van der Waals surface area contributed by atoms with Gasteiger partial charge in [0.15, 0.2) is 5.82 Å². The fourth-order valence-corrected chi connectivity index (χ4v) is 1.85. The van der Waals surface area contributed by atoms with Gasteiger partial charge in [0.1, 0.15) is 11.4 Å². The van der Waals surface area contributed by atoms with Crippen molar-refractivity contribution in [2.45, 2.75) is 45.6 Å². The number of nitrogens with two attached hydrogens (primary N) is 1. The van der Waals surface area contributed by atoms with E-state index in [0.29, 0.717) is 11.6 Å². The summed E-state index contributed by atoms with van der Waals surface area (Å²) in [4.78, 5) is 8.83. The van der Waals surface area contributed by atoms with E-state index in [1.54, 1.807) is 7.11 Å². The molecule has 0 aliphatic rings. The Morgan fingerprint density at radius 3 is 2.31 bits per heavy atom. The molecule has 0 atom stereocenters. The fraction of sp³-hybridized carbons (Fsp3) is 0.667. The number of hydrogen-bond donors (Lipinski definition) is 1. The van der Waals surface area contributed by atoms with Gasteiger partial charge >= 0.3 is 0 Å². The first kappa shape index (κ1) is 12.9. The zero-order chi connectivity index (χ0) is 12.2. The predicted octanol–water partition coefficient (Wildman–Crippen LogP) is 2.28. The maximum atomic E-state index is 5.79. The van der Waals surface area contributed by atoms with Crippen LogP contribution in [0.1, 0.15) is 45.1 Å². The number of hydrogen-bond acceptors (Lipinski definition) is 4. The van der Waals surface area contributed by atoms with Gasteiger partial charge in [-0.05, 0) is 19.3 Å². The number of aryl methyl sites for hydroxylation is 1. The summed E-state index contributed by atoms with van der Waals surface area (Å²) in [5.74, 6) is 1.22. The van der Waals surface area contributed by atoms with E-state index >= 15 is 0 Å². The first-order chi connectivity index (χ1) is 7.61. The Kier molecular flexibility index (Phi) is 4.24. The van der Waals surface area contributed by atoms with Gasteiger partial charge in [-0.2, -0.15) is 0 Å². The Hall–Kier alpha value is -1.16. The molecule has 0 radical (unpaired) electrons. The maximum absolute atomic E-state index is 5.79. The lowest BCUT2D eigenvalue weighted by Gasteiger charge is -2.28. The van der Waals surface area contributed by atoms with E-state index in [1.807, 2.05) is 6.07 Å². The van der Waals surface area contributed by atoms with Crippen molar-refractivity contribution in [1.82, 2.24) is 9.97 Å². The highest BCUT2D eigenvalue weighted by Gasteiger charge is 2.31. The van der Waals surface area contributed by atoms with Gasteiger partial charge in [-0.3, -0.25) is 0 Å². The van der Waals surface area contributed by atoms with E-state index in [-0.39, 0.29) is 0 Å². The summed E-state index contributed by atoms with van der Waals surface area (Å²) in [5, 5.41) is 0. The minimum atomic E-state index is -0.403. The Balaban J connectivity index is 3.23. The van der Waals surface area contributed by atoms with Crippen LogP contribution in [-0.4, -0.2) is 17.1 Å². The molecule has 0 spiro atoms. The third kappa shape index (κ3) is 2.32. The molecule has 0 aromatic carbocycles. The van der Waals surface area contributed by atoms with Crippen molar-refractivity contribution in [3.8, 4) is 0 Å². The van der Waals surface area contributed by atoms with Crippen molar-refractivity contribution in [3.05, 3.63) is 17.6 Å². The predicted molar refractivity (Wildman–Crippen MR) is 65.1 cm³/mol. The first-order valence-corrected chi connectivity index (χ1v) is 5.80. The molecule has 1 rings (SSSR count). The van der Waals surface area contributed by atoms with E-state index < -0.39 is 5.60 Å². The van der Waals surface area contributed by atoms with Gasteiger partial charge in [0, 0.05) is 18.9 Å². The van der Waals surface area contributed by atoms with Crippen LogP contribution >= 0.6 is 0 Å². The van der Waals surface area contributed by atoms with E-state index in [2.05, 4.69) is 30.7 Å². The Bertz CT molecular complexity index is 340. The monoisotopic (exact) mass is 223 g/mol. The van der Waals surface area contributed by atoms with Crippen molar-refractivity contribution in [1.29, 1.82) is 0 Å². The molecular formula is C12H21N3O. The molecule has 0 bridgehead atoms. The summed E-state index contributed by atoms with van der Waals surface area (Å²) in [6.07, 6.45) is 2.53. The third-order valence-electron chi connectivity index (χ3n) is 3.10. The minimum absolute atomic E-state index is 0.403. The number of nitrogens with zero attached hydrogens (tertiary/aromatic N) is 2. The highest BCUT2D eigenvalue weighted by atomic mass is 16.5. The van der Waals surface area contributed by atoms with Crippen molar-refractivity contribution < 1.29 is 4.74 Å². The molecule has 90 valence electrons. The normalized spacial score (nSPS) is 11.8. The van der Waals surface area contributed by atoms with Crippen LogP contribution in [0.25, 0.3) is 0 Å². The van der Waals surface area contributed by atoms with Crippen LogP contribution < -0.4 is 5.73 Å². The van der Waals surface area contributed by atoms with Crippen molar-refractivity contribution in [2.24, 2.45) is 0 Å². The Labute approximate surface area is 97.2 Å². The molecule has 2 N–H and O–H groups in total. The number of ether oxygens (including phenoxy) is 1. The van der Waals surface area contributed by atoms with Crippen molar-refractivity contribution >= 4 is 5.82 Å². The summed E-state index contributed by atoms with van der Waals surface area (Å²) >= 11 is 0. The fourth-order valence-electron chi connectivity index (χ4n) is 1.85. The second-order valence-electron chi connectivity index (χ2n) is 3.87. The van der Waals surface area contributed by atoms with Crippen LogP contribution in [0, 0.1) is 0 Å². The molecule has 1 aromatic heterocycles. The highest BCUT2D eigenvalue weighted by molar-refractivity contribution is 5.31. The molecule has 0 unspecified atom stereocenters. The lowest BCUT2D eigenvalue weighted by atomic mass is 9.96. The standard InChI is InChI=1S/C12H21N3O/c1-5-9-8-10(13)15-11(14-9)12(6-2,7-3)16-4/h8H,5-7H2,1-4H3,(H2,13,14,15). The Morgan fingerprint density at radius 2 is 1.88 bits per heavy atom. The van der Waals surface area contributed by atoms with Crippen LogP contribution in [0.3, 0.4) is 0 Å². The van der Waals surface area contributed by atoms with Crippen molar-refractivity contribution in [2.75, 3.05) is 12.8 Å². The SMILES string of the molecule is CCc1cc(N)nc(C(CC)(CC)OC)n1. The van der Waals surface area contributed by atoms with Crippen molar-refractivity contribution in [3.63, 3.8) is 0 Å². The molecule has 0 saturated carbocycles. The zero-order valence-electron chi connectivity index (χ0n) is 10.6. The zero-order valence-corrected chi connectivity index (χ0v) is 10.6. The summed E-state index contributed by atoms with van der Waals surface area (Å²) in [5.41, 5.74) is 6.35. The minimum Gasteiger partial charge on any atom is -0.384 e. The van der Waals surface area contributed by atoms with Gasteiger partial charge in [0.25, 0.3) is 0 Å². The smallest absolute Gasteiger partial charge is 0.162 e. The quantitative estimate of drug-likeness (QED) is 0.832. The van der Waals surface area contributed by atoms with Gasteiger partial charge in [0.2, 0.25) is 0 Å². The lowest BCUT2D eigenvalue weighted by Crippen LogP contribution is -2.30. The van der Waals surface area contributed by atoms with Crippen LogP contribution in [0.4, 0.5) is 5.82 Å². The molecular weight excluding hydrogens is 202 g/mol. The van der Waals surface area contributed by atoms with Gasteiger partial charge in [-0.1, -0.05) is 20.8 Å². The molecule has 1 heterocycles. The van der Waals surface area contributed by atoms with Crippen LogP contribution in [0.15, 0.2) is 6.07 Å². The summed E-state index contributed by atoms with van der Waals surface area (Å²) < 4.78 is 5.60. The number of rotatable bonds is 5. The second kappa shape index (κ2) is 5.25. The number of nitrogen functional groups attached to an aromatic ring is 1. The number of anilines is 1. The van der Waals surface area contributed by atoms with E-state index in [1.165, 1.54) is 0 Å². The van der Waals surface area contributed by atoms with Crippen LogP contribution in [0.5, 0.6) is 0 Å². The van der Waals surface area contributed by atoms with Crippen LogP contribution in [-0.2, 0) is 16.8 Å². The summed E-state index contributed by atoms with van der Waals surface area (Å²) in [6, 6.07) is 1.81. The average molecular weight is 223 g/mol. The molecule has 4 heteroatoms. The lowest BCUT2D eigenvalue weighted by molar-refractivity contribution is -0.0291. The molecule has 0 saturated heterocycles. The second-order valence-corrected chi connectivity index (χ2v) is 3.87. The molecule has 0 amide bonds. The van der Waals surface area contributed by atoms with Gasteiger partial charge in [-0.15, -0.1) is 0 Å². The molecule has 16 heavy (non-hydrogen) atoms.